The van der Waals surface area contributed by atoms with E-state index in [1.165, 1.54) is 0 Å². The van der Waals surface area contributed by atoms with Crippen molar-refractivity contribution in [1.82, 2.24) is 9.97 Å². The van der Waals surface area contributed by atoms with Gasteiger partial charge < -0.3 is 30.7 Å². The van der Waals surface area contributed by atoms with Crippen molar-refractivity contribution in [3.63, 3.8) is 0 Å². The minimum atomic E-state index is 0. The lowest BCUT2D eigenvalue weighted by atomic mass is 10.1. The summed E-state index contributed by atoms with van der Waals surface area (Å²) in [6.07, 6.45) is 1.74. The van der Waals surface area contributed by atoms with Crippen LogP contribution in [0.4, 0.5) is 11.8 Å². The third-order valence-corrected chi connectivity index (χ3v) is 4.42. The molecule has 8 nitrogen and oxygen atoms in total. The van der Waals surface area contributed by atoms with Crippen molar-refractivity contribution in [2.75, 3.05) is 44.0 Å². The number of hydrogen-bond donors (Lipinski definition) is 3. The quantitative estimate of drug-likeness (QED) is 0.607. The second-order valence-corrected chi connectivity index (χ2v) is 6.25. The fourth-order valence-electron chi connectivity index (χ4n) is 2.29. The number of aryl methyl sites for hydroxylation is 2. The van der Waals surface area contributed by atoms with E-state index in [-0.39, 0.29) is 5.48 Å². The van der Waals surface area contributed by atoms with Crippen molar-refractivity contribution < 1.29 is 14.8 Å². The van der Waals surface area contributed by atoms with E-state index in [1.807, 2.05) is 50.9 Å². The van der Waals surface area contributed by atoms with Gasteiger partial charge in [-0.25, -0.2) is 4.98 Å². The number of ether oxygens (including phenoxy) is 1. The lowest BCUT2D eigenvalue weighted by Crippen LogP contribution is -2.26. The van der Waals surface area contributed by atoms with E-state index in [1.54, 1.807) is 13.3 Å². The zero-order chi connectivity index (χ0) is 19.5. The highest BCUT2D eigenvalue weighted by atomic mass is 32.2. The molecule has 0 radical (unpaired) electrons. The summed E-state index contributed by atoms with van der Waals surface area (Å²) < 4.78 is 14.0. The van der Waals surface area contributed by atoms with Gasteiger partial charge in [0.1, 0.15) is 11.6 Å². The number of aromatic nitrogens is 2. The van der Waals surface area contributed by atoms with Gasteiger partial charge in [-0.15, -0.1) is 0 Å². The largest absolute Gasteiger partial charge is 0.497 e. The van der Waals surface area contributed by atoms with Crippen molar-refractivity contribution in [2.24, 2.45) is 5.73 Å². The number of benzene rings is 1. The van der Waals surface area contributed by atoms with E-state index in [4.69, 9.17) is 15.0 Å². The minimum absolute atomic E-state index is 0. The second-order valence-electron chi connectivity index (χ2n) is 5.66. The lowest BCUT2D eigenvalue weighted by Gasteiger charge is -2.17. The fourth-order valence-corrected chi connectivity index (χ4v) is 2.69. The summed E-state index contributed by atoms with van der Waals surface area (Å²) in [5.41, 5.74) is 7.54. The summed E-state index contributed by atoms with van der Waals surface area (Å²) in [6.45, 7) is 8.16. The number of anilines is 2. The number of hydrogen-bond acceptors (Lipinski definition) is 8. The van der Waals surface area contributed by atoms with Crippen LogP contribution < -0.4 is 20.7 Å². The topological polar surface area (TPSA) is 128 Å². The average molecular weight is 398 g/mol. The van der Waals surface area contributed by atoms with Crippen LogP contribution in [0.3, 0.4) is 0 Å². The molecule has 0 saturated heterocycles. The molecule has 6 N–H and O–H groups in total. The molecule has 1 aromatic carbocycles. The fraction of sp³-hybridized carbons (Fsp3) is 0.444. The van der Waals surface area contributed by atoms with Crippen molar-refractivity contribution in [2.45, 2.75) is 25.7 Å². The first kappa shape index (κ1) is 24.9. The number of likely N-dealkylation sites (N-methyl/N-ethyl adjacent to an activating group) is 1. The Balaban J connectivity index is 0.000000488. The maximum Gasteiger partial charge on any atom is 0.224 e. The normalized spacial score (nSPS) is 9.59. The molecule has 2 aromatic rings. The molecule has 0 spiro atoms. The van der Waals surface area contributed by atoms with E-state index in [2.05, 4.69) is 15.3 Å². The molecule has 0 unspecified atom stereocenters. The van der Waals surface area contributed by atoms with Crippen LogP contribution in [0, 0.1) is 13.8 Å². The molecule has 0 saturated carbocycles. The van der Waals surface area contributed by atoms with Crippen LogP contribution in [0.25, 0.3) is 0 Å². The molecule has 152 valence electrons. The predicted octanol–water partition coefficient (Wildman–Crippen LogP) is 2.36. The number of nitrogens with one attached hydrogen (secondary N) is 1. The van der Waals surface area contributed by atoms with Crippen LogP contribution in [-0.4, -0.2) is 53.8 Å². The van der Waals surface area contributed by atoms with Gasteiger partial charge in [0.05, 0.1) is 7.11 Å². The van der Waals surface area contributed by atoms with Gasteiger partial charge in [-0.3, -0.25) is 0 Å². The number of nitrogens with zero attached hydrogens (tertiary/aromatic N) is 3. The van der Waals surface area contributed by atoms with E-state index in [9.17, 15) is 0 Å². The monoisotopic (exact) mass is 397 g/mol. The Labute approximate surface area is 165 Å². The summed E-state index contributed by atoms with van der Waals surface area (Å²) in [7, 11) is 3.60. The van der Waals surface area contributed by atoms with Crippen molar-refractivity contribution >= 4 is 23.8 Å². The van der Waals surface area contributed by atoms with E-state index < -0.39 is 0 Å². The molecular weight excluding hydrogens is 366 g/mol. The summed E-state index contributed by atoms with van der Waals surface area (Å²) in [5.74, 6) is 2.39. The SMILES string of the molecule is CCNc1nccc(N(C)CCN)n1.COc1cc(C)c(SO)c(C)c1.O. The van der Waals surface area contributed by atoms with E-state index in [0.717, 1.165) is 52.7 Å². The Bertz CT molecular complexity index is 665. The zero-order valence-corrected chi connectivity index (χ0v) is 17.4. The molecule has 0 bridgehead atoms. The maximum absolute atomic E-state index is 8.94. The van der Waals surface area contributed by atoms with Gasteiger partial charge >= 0.3 is 0 Å². The van der Waals surface area contributed by atoms with Crippen molar-refractivity contribution in [3.05, 3.63) is 35.5 Å². The van der Waals surface area contributed by atoms with Crippen LogP contribution >= 0.6 is 12.0 Å². The molecule has 2 rings (SSSR count). The van der Waals surface area contributed by atoms with Gasteiger partial charge in [-0.05, 0) is 50.1 Å². The first-order chi connectivity index (χ1) is 12.5. The predicted molar refractivity (Wildman–Crippen MR) is 113 cm³/mol. The number of rotatable bonds is 7. The zero-order valence-electron chi connectivity index (χ0n) is 16.6. The van der Waals surface area contributed by atoms with Gasteiger partial charge in [0.2, 0.25) is 5.95 Å². The molecule has 1 heterocycles. The van der Waals surface area contributed by atoms with Crippen LogP contribution in [0.5, 0.6) is 5.75 Å². The molecule has 0 aliphatic rings. The van der Waals surface area contributed by atoms with Gasteiger partial charge in [-0.2, -0.15) is 4.98 Å². The van der Waals surface area contributed by atoms with Gasteiger partial charge in [-0.1, -0.05) is 0 Å². The standard InChI is InChI=1S/C9H17N5.C9H12O2S.H2O/c1-3-11-9-12-6-4-8(13-9)14(2)7-5-10;1-6-4-8(11-3)5-7(2)9(6)12-10;/h4,6H,3,5,7,10H2,1-2H3,(H,11,12,13);4-5,10H,1-3H3;1H2. The third-order valence-electron chi connectivity index (χ3n) is 3.59. The van der Waals surface area contributed by atoms with E-state index >= 15 is 0 Å². The molecule has 9 heteroatoms. The molecule has 0 fully saturated rings. The third kappa shape index (κ3) is 8.00. The smallest absolute Gasteiger partial charge is 0.224 e. The highest BCUT2D eigenvalue weighted by Gasteiger charge is 2.04. The Morgan fingerprint density at radius 3 is 2.41 bits per heavy atom. The van der Waals surface area contributed by atoms with Crippen LogP contribution in [0.1, 0.15) is 18.1 Å². The first-order valence-electron chi connectivity index (χ1n) is 8.41. The summed E-state index contributed by atoms with van der Waals surface area (Å²) in [4.78, 5) is 11.3. The molecular formula is C18H31N5O3S. The Hall–Kier alpha value is -2.07. The van der Waals surface area contributed by atoms with Gasteiger partial charge in [0.15, 0.2) is 0 Å². The van der Waals surface area contributed by atoms with Crippen molar-refractivity contribution in [3.8, 4) is 5.75 Å². The number of nitrogens with two attached hydrogens (primary N) is 1. The van der Waals surface area contributed by atoms with E-state index in [0.29, 0.717) is 12.5 Å². The minimum Gasteiger partial charge on any atom is -0.497 e. The Kier molecular flexibility index (Phi) is 12.1. The first-order valence-corrected chi connectivity index (χ1v) is 9.18. The lowest BCUT2D eigenvalue weighted by molar-refractivity contribution is 0.413. The van der Waals surface area contributed by atoms with Crippen LogP contribution in [-0.2, 0) is 0 Å². The summed E-state index contributed by atoms with van der Waals surface area (Å²) >= 11 is 0.786. The second kappa shape index (κ2) is 13.2. The van der Waals surface area contributed by atoms with Gasteiger partial charge in [0, 0.05) is 49.8 Å². The van der Waals surface area contributed by atoms with Gasteiger partial charge in [0.25, 0.3) is 0 Å². The number of methoxy groups -OCH3 is 1. The summed E-state index contributed by atoms with van der Waals surface area (Å²) in [6, 6.07) is 5.69. The molecule has 1 aromatic heterocycles. The maximum atomic E-state index is 8.94. The molecule has 0 atom stereocenters. The molecule has 27 heavy (non-hydrogen) atoms. The molecule has 0 amide bonds. The summed E-state index contributed by atoms with van der Waals surface area (Å²) in [5, 5.41) is 3.06. The Morgan fingerprint density at radius 1 is 1.30 bits per heavy atom. The average Bonchev–Trinajstić information content (AvgIpc) is 2.62. The highest BCUT2D eigenvalue weighted by Crippen LogP contribution is 2.28. The molecule has 0 aliphatic heterocycles. The van der Waals surface area contributed by atoms with Crippen LogP contribution in [0.15, 0.2) is 29.3 Å². The Morgan fingerprint density at radius 2 is 1.93 bits per heavy atom. The highest BCUT2D eigenvalue weighted by molar-refractivity contribution is 7.93. The van der Waals surface area contributed by atoms with Crippen molar-refractivity contribution in [1.29, 1.82) is 0 Å². The van der Waals surface area contributed by atoms with Crippen LogP contribution in [0.2, 0.25) is 0 Å². The molecule has 0 aliphatic carbocycles.